The molecule has 0 aliphatic carbocycles. The minimum atomic E-state index is -1.05. The van der Waals surface area contributed by atoms with Crippen molar-refractivity contribution < 1.29 is 38.1 Å². The van der Waals surface area contributed by atoms with Gasteiger partial charge in [-0.2, -0.15) is 0 Å². The predicted molar refractivity (Wildman–Crippen MR) is 163 cm³/mol. The third-order valence-corrected chi connectivity index (χ3v) is 7.98. The average molecular weight is 610 g/mol. The molecule has 2 aliphatic rings. The molecule has 2 aliphatic heterocycles. The molecule has 0 saturated carbocycles. The number of rotatable bonds is 16. The number of morpholine rings is 1. The molecule has 2 amide bonds. The lowest BCUT2D eigenvalue weighted by Gasteiger charge is -2.27. The van der Waals surface area contributed by atoms with Gasteiger partial charge in [0.2, 0.25) is 11.8 Å². The number of hydrogen-bond acceptors (Lipinski definition) is 9. The minimum absolute atomic E-state index is 0.0370. The Bertz CT molecular complexity index is 1290. The zero-order valence-electron chi connectivity index (χ0n) is 25.9. The lowest BCUT2D eigenvalue weighted by molar-refractivity contribution is -0.134. The van der Waals surface area contributed by atoms with Crippen LogP contribution < -0.4 is 20.1 Å². The van der Waals surface area contributed by atoms with Crippen LogP contribution in [0.5, 0.6) is 11.5 Å². The zero-order valence-corrected chi connectivity index (χ0v) is 25.9. The summed E-state index contributed by atoms with van der Waals surface area (Å²) in [6, 6.07) is 12.7. The van der Waals surface area contributed by atoms with E-state index in [1.54, 1.807) is 32.0 Å². The number of ketones is 2. The van der Waals surface area contributed by atoms with E-state index >= 15 is 0 Å². The molecular weight excluding hydrogens is 566 g/mol. The Hall–Kier alpha value is -3.80. The van der Waals surface area contributed by atoms with E-state index in [4.69, 9.17) is 18.9 Å². The molecule has 11 nitrogen and oxygen atoms in total. The van der Waals surface area contributed by atoms with Crippen LogP contribution in [-0.2, 0) is 41.5 Å². The van der Waals surface area contributed by atoms with Gasteiger partial charge in [-0.25, -0.2) is 0 Å². The fourth-order valence-corrected chi connectivity index (χ4v) is 5.20. The van der Waals surface area contributed by atoms with Crippen molar-refractivity contribution in [2.45, 2.75) is 50.8 Å². The van der Waals surface area contributed by atoms with E-state index in [9.17, 15) is 19.2 Å². The minimum Gasteiger partial charge on any atom is -0.497 e. The van der Waals surface area contributed by atoms with Crippen LogP contribution in [0.2, 0.25) is 0 Å². The van der Waals surface area contributed by atoms with Crippen molar-refractivity contribution in [3.8, 4) is 11.5 Å². The number of hydrogen-bond donors (Lipinski definition) is 2. The molecule has 4 atom stereocenters. The van der Waals surface area contributed by atoms with E-state index in [-0.39, 0.29) is 44.0 Å². The highest BCUT2D eigenvalue weighted by Gasteiger charge is 2.50. The van der Waals surface area contributed by atoms with Gasteiger partial charge in [0.15, 0.2) is 5.78 Å². The van der Waals surface area contributed by atoms with Crippen molar-refractivity contribution in [2.75, 3.05) is 53.7 Å². The standard InChI is InChI=1S/C33H43N3O8/c1-22(14-25(37)20-36-10-12-43-13-11-36)31(39)35-29(18-24-15-26(41-3)19-27(16-24)42-4)32(40)34-28(30(38)33(2)21-44-33)17-23-8-6-5-7-9-23/h5-9,15-16,19,22,28-29H,10-14,17-18,20-21H2,1-4H3,(H,34,40)(H,35,39). The summed E-state index contributed by atoms with van der Waals surface area (Å²) in [5, 5.41) is 5.75. The molecule has 0 aromatic heterocycles. The van der Waals surface area contributed by atoms with Crippen LogP contribution in [0.1, 0.15) is 31.4 Å². The number of carbonyl (C=O) groups excluding carboxylic acids is 4. The lowest BCUT2D eigenvalue weighted by atomic mass is 9.94. The van der Waals surface area contributed by atoms with E-state index < -0.39 is 35.4 Å². The fraction of sp³-hybridized carbons (Fsp3) is 0.515. The van der Waals surface area contributed by atoms with Gasteiger partial charge in [-0.05, 0) is 36.6 Å². The summed E-state index contributed by atoms with van der Waals surface area (Å²) in [6.07, 6.45) is 0.402. The van der Waals surface area contributed by atoms with Gasteiger partial charge in [-0.3, -0.25) is 24.1 Å². The molecule has 4 unspecified atom stereocenters. The Balaban J connectivity index is 1.51. The summed E-state index contributed by atoms with van der Waals surface area (Å²) >= 11 is 0. The van der Waals surface area contributed by atoms with E-state index in [2.05, 4.69) is 10.6 Å². The number of epoxide rings is 1. The second-order valence-corrected chi connectivity index (χ2v) is 11.7. The number of benzene rings is 2. The first-order valence-electron chi connectivity index (χ1n) is 15.0. The van der Waals surface area contributed by atoms with Gasteiger partial charge in [-0.1, -0.05) is 37.3 Å². The molecule has 2 saturated heterocycles. The van der Waals surface area contributed by atoms with Crippen LogP contribution in [0.25, 0.3) is 0 Å². The SMILES string of the molecule is COc1cc(CC(NC(=O)C(C)CC(=O)CN2CCOCC2)C(=O)NC(Cc2ccccc2)C(=O)C2(C)CO2)cc(OC)c1. The first kappa shape index (κ1) is 33.1. The van der Waals surface area contributed by atoms with Crippen LogP contribution in [-0.4, -0.2) is 99.6 Å². The van der Waals surface area contributed by atoms with Crippen LogP contribution >= 0.6 is 0 Å². The smallest absolute Gasteiger partial charge is 0.243 e. The van der Waals surface area contributed by atoms with Crippen molar-refractivity contribution in [3.63, 3.8) is 0 Å². The number of methoxy groups -OCH3 is 2. The Morgan fingerprint density at radius 1 is 0.886 bits per heavy atom. The first-order chi connectivity index (χ1) is 21.1. The van der Waals surface area contributed by atoms with Gasteiger partial charge in [0, 0.05) is 37.9 Å². The Morgan fingerprint density at radius 2 is 1.48 bits per heavy atom. The van der Waals surface area contributed by atoms with Crippen molar-refractivity contribution in [1.29, 1.82) is 0 Å². The summed E-state index contributed by atoms with van der Waals surface area (Å²) in [4.78, 5) is 55.5. The molecule has 2 aromatic rings. The number of nitrogens with zero attached hydrogens (tertiary/aromatic N) is 1. The summed E-state index contributed by atoms with van der Waals surface area (Å²) in [7, 11) is 3.06. The fourth-order valence-electron chi connectivity index (χ4n) is 5.20. The Morgan fingerprint density at radius 3 is 2.07 bits per heavy atom. The maximum Gasteiger partial charge on any atom is 0.243 e. The monoisotopic (exact) mass is 609 g/mol. The number of ether oxygens (including phenoxy) is 4. The van der Waals surface area contributed by atoms with Crippen molar-refractivity contribution in [3.05, 3.63) is 59.7 Å². The highest BCUT2D eigenvalue weighted by molar-refractivity contribution is 5.98. The Labute approximate surface area is 258 Å². The molecule has 2 heterocycles. The summed E-state index contributed by atoms with van der Waals surface area (Å²) in [5.74, 6) is -0.849. The molecular formula is C33H43N3O8. The molecule has 2 fully saturated rings. The van der Waals surface area contributed by atoms with E-state index in [0.29, 0.717) is 43.4 Å². The lowest BCUT2D eigenvalue weighted by Crippen LogP contribution is -2.55. The third-order valence-electron chi connectivity index (χ3n) is 7.98. The number of Topliss-reactive ketones (excluding diaryl/α,β-unsaturated/α-hetero) is 2. The van der Waals surface area contributed by atoms with Crippen molar-refractivity contribution in [2.24, 2.45) is 5.92 Å². The maximum atomic E-state index is 13.9. The largest absolute Gasteiger partial charge is 0.497 e. The van der Waals surface area contributed by atoms with Crippen LogP contribution in [0.4, 0.5) is 0 Å². The molecule has 2 N–H and O–H groups in total. The topological polar surface area (TPSA) is 136 Å². The highest BCUT2D eigenvalue weighted by Crippen LogP contribution is 2.29. The van der Waals surface area contributed by atoms with Crippen LogP contribution in [0.15, 0.2) is 48.5 Å². The van der Waals surface area contributed by atoms with Gasteiger partial charge in [0.1, 0.15) is 28.9 Å². The summed E-state index contributed by atoms with van der Waals surface area (Å²) < 4.78 is 21.5. The molecule has 0 spiro atoms. The number of carbonyl (C=O) groups is 4. The van der Waals surface area contributed by atoms with Crippen LogP contribution in [0.3, 0.4) is 0 Å². The summed E-state index contributed by atoms with van der Waals surface area (Å²) in [5.41, 5.74) is 0.600. The van der Waals surface area contributed by atoms with Gasteiger partial charge in [-0.15, -0.1) is 0 Å². The predicted octanol–water partition coefficient (Wildman–Crippen LogP) is 1.74. The van der Waals surface area contributed by atoms with Crippen molar-refractivity contribution in [1.82, 2.24) is 15.5 Å². The summed E-state index contributed by atoms with van der Waals surface area (Å²) in [6.45, 7) is 6.41. The quantitative estimate of drug-likeness (QED) is 0.273. The zero-order chi connectivity index (χ0) is 31.7. The highest BCUT2D eigenvalue weighted by atomic mass is 16.6. The van der Waals surface area contributed by atoms with Gasteiger partial charge in [0.05, 0.1) is 46.6 Å². The second-order valence-electron chi connectivity index (χ2n) is 11.7. The second kappa shape index (κ2) is 15.3. The normalized spacial score (nSPS) is 20.1. The molecule has 0 bridgehead atoms. The van der Waals surface area contributed by atoms with E-state index in [1.165, 1.54) is 14.2 Å². The molecule has 2 aromatic carbocycles. The maximum absolute atomic E-state index is 13.9. The number of nitrogens with one attached hydrogen (secondary N) is 2. The molecule has 11 heteroatoms. The van der Waals surface area contributed by atoms with Gasteiger partial charge >= 0.3 is 0 Å². The first-order valence-corrected chi connectivity index (χ1v) is 15.0. The molecule has 238 valence electrons. The van der Waals surface area contributed by atoms with Gasteiger partial charge in [0.25, 0.3) is 0 Å². The van der Waals surface area contributed by atoms with Gasteiger partial charge < -0.3 is 29.6 Å². The van der Waals surface area contributed by atoms with Crippen LogP contribution in [0, 0.1) is 5.92 Å². The molecule has 44 heavy (non-hydrogen) atoms. The number of amides is 2. The average Bonchev–Trinajstić information content (AvgIpc) is 3.78. The molecule has 4 rings (SSSR count). The van der Waals surface area contributed by atoms with Crippen molar-refractivity contribution >= 4 is 23.4 Å². The molecule has 0 radical (unpaired) electrons. The Kier molecular flexibility index (Phi) is 11.5. The van der Waals surface area contributed by atoms with E-state index in [0.717, 1.165) is 5.56 Å². The third kappa shape index (κ3) is 9.35. The van der Waals surface area contributed by atoms with E-state index in [1.807, 2.05) is 35.2 Å².